The van der Waals surface area contributed by atoms with Crippen LogP contribution < -0.4 is 0 Å². The molecule has 0 spiro atoms. The van der Waals surface area contributed by atoms with Gasteiger partial charge in [0, 0.05) is 30.8 Å². The molecule has 2 aromatic carbocycles. The van der Waals surface area contributed by atoms with Gasteiger partial charge in [-0.05, 0) is 44.9 Å². The summed E-state index contributed by atoms with van der Waals surface area (Å²) in [6, 6.07) is 8.79. The van der Waals surface area contributed by atoms with Gasteiger partial charge in [0.2, 0.25) is 0 Å². The van der Waals surface area contributed by atoms with Gasteiger partial charge in [-0.2, -0.15) is 0 Å². The summed E-state index contributed by atoms with van der Waals surface area (Å²) in [5, 5.41) is 7.89. The zero-order chi connectivity index (χ0) is 27.2. The maximum Gasteiger partial charge on any atom is 0.410 e. The van der Waals surface area contributed by atoms with Gasteiger partial charge in [0.1, 0.15) is 22.9 Å². The molecule has 2 aliphatic heterocycles. The van der Waals surface area contributed by atoms with Crippen molar-refractivity contribution in [1.82, 2.24) is 24.8 Å². The van der Waals surface area contributed by atoms with Crippen LogP contribution in [0.5, 0.6) is 0 Å². The molecule has 3 heterocycles. The van der Waals surface area contributed by atoms with Gasteiger partial charge in [0.15, 0.2) is 0 Å². The van der Waals surface area contributed by atoms with Crippen molar-refractivity contribution in [3.63, 3.8) is 0 Å². The predicted molar refractivity (Wildman–Crippen MR) is 132 cm³/mol. The molecule has 3 aromatic rings. The number of imide groups is 1. The Bertz CT molecular complexity index is 1430. The molecule has 5 rings (SSSR count). The lowest BCUT2D eigenvalue weighted by Crippen LogP contribution is -2.39. The number of carbonyl (C=O) groups excluding carboxylic acids is 3. The molecule has 2 aliphatic rings. The number of ether oxygens (including phenoxy) is 1. The fourth-order valence-electron chi connectivity index (χ4n) is 4.43. The molecule has 11 heteroatoms. The predicted octanol–water partition coefficient (Wildman–Crippen LogP) is 4.37. The minimum absolute atomic E-state index is 0.0941. The molecule has 0 saturated carbocycles. The Kier molecular flexibility index (Phi) is 6.29. The molecule has 0 N–H and O–H groups in total. The number of benzene rings is 2. The standard InChI is InChI=1S/C27H25F2N5O4/c1-27(2,3)38-26(37)32-10-8-16(9-11-32)23-21(28)12-18(13-22(23)29)34-15-17(30-31-34)14-33-24(35)19-6-4-5-7-20(19)25(33)36/h4-8,12-13,15H,9-11,14H2,1-3H3. The topological polar surface area (TPSA) is 97.6 Å². The Morgan fingerprint density at radius 3 is 2.24 bits per heavy atom. The molecule has 0 bridgehead atoms. The van der Waals surface area contributed by atoms with Crippen molar-refractivity contribution in [3.8, 4) is 5.69 Å². The van der Waals surface area contributed by atoms with Crippen LogP contribution >= 0.6 is 0 Å². The van der Waals surface area contributed by atoms with Gasteiger partial charge in [0.25, 0.3) is 11.8 Å². The summed E-state index contributed by atoms with van der Waals surface area (Å²) in [5.74, 6) is -2.44. The van der Waals surface area contributed by atoms with E-state index in [0.29, 0.717) is 16.7 Å². The average molecular weight is 522 g/mol. The van der Waals surface area contributed by atoms with Crippen LogP contribution in [-0.4, -0.2) is 61.4 Å². The monoisotopic (exact) mass is 521 g/mol. The van der Waals surface area contributed by atoms with Crippen molar-refractivity contribution in [3.05, 3.63) is 82.7 Å². The maximum atomic E-state index is 15.1. The molecule has 0 atom stereocenters. The fourth-order valence-corrected chi connectivity index (χ4v) is 4.43. The fraction of sp³-hybridized carbons (Fsp3) is 0.296. The van der Waals surface area contributed by atoms with E-state index in [1.807, 2.05) is 0 Å². The first kappa shape index (κ1) is 25.2. The third kappa shape index (κ3) is 4.79. The number of halogens is 2. The Morgan fingerprint density at radius 2 is 1.68 bits per heavy atom. The Labute approximate surface area is 217 Å². The molecule has 0 radical (unpaired) electrons. The molecule has 0 saturated heterocycles. The van der Waals surface area contributed by atoms with Crippen LogP contribution in [0.2, 0.25) is 0 Å². The second kappa shape index (κ2) is 9.47. The smallest absolute Gasteiger partial charge is 0.410 e. The summed E-state index contributed by atoms with van der Waals surface area (Å²) in [5.41, 5.74) is 0.658. The number of aromatic nitrogens is 3. The molecule has 3 amide bonds. The van der Waals surface area contributed by atoms with Crippen LogP contribution in [0.1, 0.15) is 59.2 Å². The second-order valence-electron chi connectivity index (χ2n) is 10.1. The summed E-state index contributed by atoms with van der Waals surface area (Å²) < 4.78 is 36.7. The first-order valence-corrected chi connectivity index (χ1v) is 12.0. The lowest BCUT2D eigenvalue weighted by atomic mass is 9.98. The number of amides is 3. The van der Waals surface area contributed by atoms with E-state index < -0.39 is 35.1 Å². The molecule has 9 nitrogen and oxygen atoms in total. The second-order valence-corrected chi connectivity index (χ2v) is 10.1. The summed E-state index contributed by atoms with van der Waals surface area (Å²) in [4.78, 5) is 40.0. The highest BCUT2D eigenvalue weighted by Gasteiger charge is 2.35. The largest absolute Gasteiger partial charge is 0.444 e. The van der Waals surface area contributed by atoms with E-state index in [2.05, 4.69) is 10.3 Å². The first-order chi connectivity index (χ1) is 18.0. The van der Waals surface area contributed by atoms with Crippen molar-refractivity contribution >= 4 is 23.5 Å². The van der Waals surface area contributed by atoms with Crippen LogP contribution in [0.3, 0.4) is 0 Å². The van der Waals surface area contributed by atoms with Crippen molar-refractivity contribution in [2.24, 2.45) is 0 Å². The number of hydrogen-bond donors (Lipinski definition) is 0. The lowest BCUT2D eigenvalue weighted by Gasteiger charge is -2.29. The van der Waals surface area contributed by atoms with Gasteiger partial charge in [-0.15, -0.1) is 5.10 Å². The first-order valence-electron chi connectivity index (χ1n) is 12.0. The minimum Gasteiger partial charge on any atom is -0.444 e. The van der Waals surface area contributed by atoms with Crippen LogP contribution in [0.4, 0.5) is 13.6 Å². The van der Waals surface area contributed by atoms with E-state index in [4.69, 9.17) is 4.74 Å². The molecule has 0 aliphatic carbocycles. The van der Waals surface area contributed by atoms with E-state index in [0.717, 1.165) is 17.0 Å². The number of hydrogen-bond acceptors (Lipinski definition) is 6. The maximum absolute atomic E-state index is 15.1. The molecule has 196 valence electrons. The lowest BCUT2D eigenvalue weighted by molar-refractivity contribution is 0.0270. The molecule has 38 heavy (non-hydrogen) atoms. The van der Waals surface area contributed by atoms with Crippen LogP contribution in [0.15, 0.2) is 48.7 Å². The SMILES string of the molecule is CC(C)(C)OC(=O)N1CC=C(c2c(F)cc(-n3cc(CN4C(=O)c5ccccc5C4=O)nn3)cc2F)CC1. The van der Waals surface area contributed by atoms with Crippen LogP contribution in [0.25, 0.3) is 11.3 Å². The number of nitrogens with zero attached hydrogens (tertiary/aromatic N) is 5. The third-order valence-electron chi connectivity index (χ3n) is 6.21. The Hall–Kier alpha value is -4.41. The Balaban J connectivity index is 1.31. The molecule has 0 fully saturated rings. The highest BCUT2D eigenvalue weighted by Crippen LogP contribution is 2.30. The number of rotatable bonds is 4. The van der Waals surface area contributed by atoms with Gasteiger partial charge in [-0.1, -0.05) is 23.4 Å². The summed E-state index contributed by atoms with van der Waals surface area (Å²) >= 11 is 0. The third-order valence-corrected chi connectivity index (χ3v) is 6.21. The Morgan fingerprint density at radius 1 is 1.05 bits per heavy atom. The molecule has 1 aromatic heterocycles. The average Bonchev–Trinajstić information content (AvgIpc) is 3.42. The van der Waals surface area contributed by atoms with Gasteiger partial charge >= 0.3 is 6.09 Å². The van der Waals surface area contributed by atoms with Crippen molar-refractivity contribution in [1.29, 1.82) is 0 Å². The van der Waals surface area contributed by atoms with Crippen LogP contribution in [-0.2, 0) is 11.3 Å². The van der Waals surface area contributed by atoms with Crippen molar-refractivity contribution < 1.29 is 27.9 Å². The van der Waals surface area contributed by atoms with E-state index >= 15 is 8.78 Å². The quantitative estimate of drug-likeness (QED) is 0.473. The normalized spacial score (nSPS) is 15.6. The van der Waals surface area contributed by atoms with Gasteiger partial charge < -0.3 is 9.64 Å². The van der Waals surface area contributed by atoms with Crippen molar-refractivity contribution in [2.75, 3.05) is 13.1 Å². The highest BCUT2D eigenvalue weighted by molar-refractivity contribution is 6.21. The number of fused-ring (bicyclic) bond motifs is 1. The van der Waals surface area contributed by atoms with Gasteiger partial charge in [0.05, 0.1) is 29.6 Å². The minimum atomic E-state index is -0.783. The zero-order valence-electron chi connectivity index (χ0n) is 21.1. The van der Waals surface area contributed by atoms with Crippen molar-refractivity contribution in [2.45, 2.75) is 39.3 Å². The summed E-state index contributed by atoms with van der Waals surface area (Å²) in [6.45, 7) is 5.62. The van der Waals surface area contributed by atoms with E-state index in [1.165, 1.54) is 15.8 Å². The zero-order valence-corrected chi connectivity index (χ0v) is 21.1. The molecule has 0 unspecified atom stereocenters. The van der Waals surface area contributed by atoms with Gasteiger partial charge in [-0.25, -0.2) is 18.3 Å². The summed E-state index contributed by atoms with van der Waals surface area (Å²) in [7, 11) is 0. The van der Waals surface area contributed by atoms with E-state index in [1.54, 1.807) is 51.1 Å². The van der Waals surface area contributed by atoms with Gasteiger partial charge in [-0.3, -0.25) is 14.5 Å². The number of carbonyl (C=O) groups is 3. The molecular weight excluding hydrogens is 496 g/mol. The van der Waals surface area contributed by atoms with E-state index in [-0.39, 0.29) is 43.0 Å². The highest BCUT2D eigenvalue weighted by atomic mass is 19.1. The summed E-state index contributed by atoms with van der Waals surface area (Å²) in [6.07, 6.45) is 2.81. The van der Waals surface area contributed by atoms with Crippen LogP contribution in [0, 0.1) is 11.6 Å². The molecular formula is C27H25F2N5O4. The van der Waals surface area contributed by atoms with E-state index in [9.17, 15) is 14.4 Å².